The molecule has 0 spiro atoms. The largest absolute Gasteiger partial charge is 0.321 e. The molecule has 5 nitrogen and oxygen atoms in total. The van der Waals surface area contributed by atoms with E-state index in [0.717, 1.165) is 10.0 Å². The van der Waals surface area contributed by atoms with E-state index in [2.05, 4.69) is 26.6 Å². The second-order valence-corrected chi connectivity index (χ2v) is 10.0. The molecule has 0 unspecified atom stereocenters. The summed E-state index contributed by atoms with van der Waals surface area (Å²) in [6, 6.07) is 27.5. The lowest BCUT2D eigenvalue weighted by Gasteiger charge is -2.12. The zero-order chi connectivity index (χ0) is 27.8. The van der Waals surface area contributed by atoms with Gasteiger partial charge in [-0.05, 0) is 77.9 Å². The summed E-state index contributed by atoms with van der Waals surface area (Å²) in [7, 11) is 0. The number of anilines is 1. The number of nitrogens with one attached hydrogen (secondary N) is 2. The van der Waals surface area contributed by atoms with Crippen molar-refractivity contribution in [1.82, 2.24) is 5.32 Å². The van der Waals surface area contributed by atoms with Crippen molar-refractivity contribution >= 4 is 74.6 Å². The Hall–Kier alpha value is -3.97. The Morgan fingerprint density at radius 2 is 1.44 bits per heavy atom. The third-order valence-corrected chi connectivity index (χ3v) is 6.90. The van der Waals surface area contributed by atoms with Gasteiger partial charge < -0.3 is 10.6 Å². The van der Waals surface area contributed by atoms with Gasteiger partial charge in [0.2, 0.25) is 0 Å². The third kappa shape index (κ3) is 7.77. The fraction of sp³-hybridized carbons (Fsp3) is 0. The van der Waals surface area contributed by atoms with Gasteiger partial charge >= 0.3 is 0 Å². The summed E-state index contributed by atoms with van der Waals surface area (Å²) >= 11 is 15.8. The van der Waals surface area contributed by atoms with Gasteiger partial charge in [-0.25, -0.2) is 0 Å². The van der Waals surface area contributed by atoms with Gasteiger partial charge in [-0.15, -0.1) is 0 Å². The van der Waals surface area contributed by atoms with E-state index < -0.39 is 11.8 Å². The van der Waals surface area contributed by atoms with Crippen molar-refractivity contribution in [3.05, 3.63) is 146 Å². The molecule has 0 saturated heterocycles. The minimum Gasteiger partial charge on any atom is -0.321 e. The zero-order valence-electron chi connectivity index (χ0n) is 20.3. The minimum absolute atomic E-state index is 0.0365. The van der Waals surface area contributed by atoms with Crippen LogP contribution in [0.2, 0.25) is 10.0 Å². The number of ketones is 1. The van der Waals surface area contributed by atoms with Crippen molar-refractivity contribution in [1.29, 1.82) is 0 Å². The van der Waals surface area contributed by atoms with Gasteiger partial charge in [0.05, 0.1) is 10.0 Å². The first-order chi connectivity index (χ1) is 18.8. The molecule has 4 aromatic rings. The Morgan fingerprint density at radius 1 is 0.744 bits per heavy atom. The first-order valence-electron chi connectivity index (χ1n) is 11.7. The summed E-state index contributed by atoms with van der Waals surface area (Å²) in [5.74, 6) is -1.22. The van der Waals surface area contributed by atoms with Crippen LogP contribution in [0.3, 0.4) is 0 Å². The number of amides is 2. The Labute approximate surface area is 244 Å². The highest BCUT2D eigenvalue weighted by Gasteiger charge is 2.16. The Balaban J connectivity index is 1.52. The number of halogens is 3. The summed E-state index contributed by atoms with van der Waals surface area (Å²) in [5.41, 5.74) is 2.59. The molecule has 2 amide bonds. The third-order valence-electron chi connectivity index (χ3n) is 5.53. The lowest BCUT2D eigenvalue weighted by molar-refractivity contribution is -0.113. The molecular formula is C31H21BrCl2N2O3. The average molecular weight is 620 g/mol. The van der Waals surface area contributed by atoms with Gasteiger partial charge in [-0.1, -0.05) is 87.7 Å². The molecule has 0 atom stereocenters. The van der Waals surface area contributed by atoms with Crippen LogP contribution in [-0.4, -0.2) is 17.6 Å². The zero-order valence-corrected chi connectivity index (χ0v) is 23.4. The number of carbonyl (C=O) groups excluding carboxylic acids is 3. The van der Waals surface area contributed by atoms with E-state index >= 15 is 0 Å². The van der Waals surface area contributed by atoms with Crippen molar-refractivity contribution in [2.75, 3.05) is 5.32 Å². The van der Waals surface area contributed by atoms with E-state index in [-0.39, 0.29) is 16.5 Å². The van der Waals surface area contributed by atoms with Crippen LogP contribution in [0.15, 0.2) is 113 Å². The van der Waals surface area contributed by atoms with Crippen LogP contribution in [0.25, 0.3) is 12.2 Å². The van der Waals surface area contributed by atoms with Gasteiger partial charge in [-0.2, -0.15) is 0 Å². The van der Waals surface area contributed by atoms with Crippen molar-refractivity contribution in [2.45, 2.75) is 0 Å². The summed E-state index contributed by atoms with van der Waals surface area (Å²) < 4.78 is 0.955. The standard InChI is InChI=1S/C31H21BrCl2N2O3/c32-24-14-9-20(10-15-24)11-18-28(37)21-12-16-25(17-13-21)35-31(39)27(19-23-7-4-8-26(33)29(23)34)36-30(38)22-5-2-1-3-6-22/h1-19H,(H,35,39)(H,36,38)/b18-11+,27-19-. The van der Waals surface area contributed by atoms with Crippen molar-refractivity contribution < 1.29 is 14.4 Å². The molecule has 0 saturated carbocycles. The van der Waals surface area contributed by atoms with Gasteiger partial charge in [0.25, 0.3) is 11.8 Å². The molecule has 0 aliphatic rings. The highest BCUT2D eigenvalue weighted by Crippen LogP contribution is 2.27. The first kappa shape index (κ1) is 28.0. The van der Waals surface area contributed by atoms with Gasteiger partial charge in [0.1, 0.15) is 5.70 Å². The number of carbonyl (C=O) groups is 3. The molecule has 0 bridgehead atoms. The quantitative estimate of drug-likeness (QED) is 0.155. The summed E-state index contributed by atoms with van der Waals surface area (Å²) in [6.45, 7) is 0. The van der Waals surface area contributed by atoms with Gasteiger partial charge in [0.15, 0.2) is 5.78 Å². The second-order valence-electron chi connectivity index (χ2n) is 8.30. The molecule has 2 N–H and O–H groups in total. The second kappa shape index (κ2) is 13.2. The molecule has 0 fully saturated rings. The van der Waals surface area contributed by atoms with Gasteiger partial charge in [-0.3, -0.25) is 14.4 Å². The molecule has 4 aromatic carbocycles. The predicted octanol–water partition coefficient (Wildman–Crippen LogP) is 8.06. The minimum atomic E-state index is -0.579. The van der Waals surface area contributed by atoms with E-state index in [4.69, 9.17) is 23.2 Å². The fourth-order valence-electron chi connectivity index (χ4n) is 3.49. The SMILES string of the molecule is O=C(Nc1ccc(C(=O)/C=C/c2ccc(Br)cc2)cc1)/C(=C/c1cccc(Cl)c1Cl)NC(=O)c1ccccc1. The normalized spacial score (nSPS) is 11.3. The van der Waals surface area contributed by atoms with E-state index in [1.165, 1.54) is 12.2 Å². The smallest absolute Gasteiger partial charge is 0.272 e. The maximum Gasteiger partial charge on any atom is 0.272 e. The molecule has 39 heavy (non-hydrogen) atoms. The Bertz CT molecular complexity index is 1570. The highest BCUT2D eigenvalue weighted by molar-refractivity contribution is 9.10. The first-order valence-corrected chi connectivity index (χ1v) is 13.3. The number of hydrogen-bond donors (Lipinski definition) is 2. The molecule has 0 heterocycles. The van der Waals surface area contributed by atoms with Crippen LogP contribution >= 0.6 is 39.1 Å². The molecule has 8 heteroatoms. The molecule has 0 aliphatic heterocycles. The fourth-order valence-corrected chi connectivity index (χ4v) is 4.11. The molecule has 0 aliphatic carbocycles. The monoisotopic (exact) mass is 618 g/mol. The van der Waals surface area contributed by atoms with Gasteiger partial charge in [0, 0.05) is 21.3 Å². The van der Waals surface area contributed by atoms with Crippen LogP contribution in [0.5, 0.6) is 0 Å². The molecule has 0 aromatic heterocycles. The molecule has 194 valence electrons. The highest BCUT2D eigenvalue weighted by atomic mass is 79.9. The number of allylic oxidation sites excluding steroid dienone is 1. The molecular weight excluding hydrogens is 599 g/mol. The van der Waals surface area contributed by atoms with Crippen molar-refractivity contribution in [3.63, 3.8) is 0 Å². The Morgan fingerprint density at radius 3 is 2.13 bits per heavy atom. The van der Waals surface area contributed by atoms with Crippen LogP contribution in [-0.2, 0) is 4.79 Å². The molecule has 4 rings (SSSR count). The topological polar surface area (TPSA) is 75.3 Å². The van der Waals surface area contributed by atoms with Crippen LogP contribution in [0.1, 0.15) is 31.8 Å². The summed E-state index contributed by atoms with van der Waals surface area (Å²) in [5, 5.41) is 5.97. The maximum absolute atomic E-state index is 13.2. The number of hydrogen-bond acceptors (Lipinski definition) is 3. The van der Waals surface area contributed by atoms with Crippen LogP contribution in [0.4, 0.5) is 5.69 Å². The lowest BCUT2D eigenvalue weighted by Crippen LogP contribution is -2.30. The Kier molecular flexibility index (Phi) is 9.49. The predicted molar refractivity (Wildman–Crippen MR) is 161 cm³/mol. The summed E-state index contributed by atoms with van der Waals surface area (Å²) in [6.07, 6.45) is 4.68. The van der Waals surface area contributed by atoms with E-state index in [9.17, 15) is 14.4 Å². The number of rotatable bonds is 8. The van der Waals surface area contributed by atoms with Crippen molar-refractivity contribution in [2.24, 2.45) is 0 Å². The molecule has 0 radical (unpaired) electrons. The summed E-state index contributed by atoms with van der Waals surface area (Å²) in [4.78, 5) is 38.6. The number of benzene rings is 4. The van der Waals surface area contributed by atoms with Crippen LogP contribution < -0.4 is 10.6 Å². The van der Waals surface area contributed by atoms with Crippen LogP contribution in [0, 0.1) is 0 Å². The maximum atomic E-state index is 13.2. The van der Waals surface area contributed by atoms with Crippen molar-refractivity contribution in [3.8, 4) is 0 Å². The van der Waals surface area contributed by atoms with E-state index in [1.54, 1.807) is 78.9 Å². The van der Waals surface area contributed by atoms with E-state index in [0.29, 0.717) is 27.4 Å². The average Bonchev–Trinajstić information content (AvgIpc) is 2.95. The lowest BCUT2D eigenvalue weighted by atomic mass is 10.1. The van der Waals surface area contributed by atoms with E-state index in [1.807, 2.05) is 24.3 Å².